The predicted molar refractivity (Wildman–Crippen MR) is 114 cm³/mol. The minimum atomic E-state index is -3.54. The van der Waals surface area contributed by atoms with E-state index in [1.807, 2.05) is 50.4 Å². The van der Waals surface area contributed by atoms with Gasteiger partial charge in [0.25, 0.3) is 0 Å². The summed E-state index contributed by atoms with van der Waals surface area (Å²) in [5.41, 5.74) is 2.94. The SMILES string of the molecule is CSc1ccccc1S(=O)(=O)N1CCC(C(=O)Nc2cc(C)ccc2C)CC1. The van der Waals surface area contributed by atoms with Gasteiger partial charge in [0.1, 0.15) is 0 Å². The molecular weight excluding hydrogens is 392 g/mol. The maximum Gasteiger partial charge on any atom is 0.244 e. The number of aryl methyl sites for hydroxylation is 2. The number of carbonyl (C=O) groups is 1. The Kier molecular flexibility index (Phi) is 6.47. The highest BCUT2D eigenvalue weighted by Crippen LogP contribution is 2.30. The van der Waals surface area contributed by atoms with Crippen molar-refractivity contribution in [2.24, 2.45) is 5.92 Å². The molecule has 5 nitrogen and oxygen atoms in total. The first-order chi connectivity index (χ1) is 13.3. The van der Waals surface area contributed by atoms with Crippen LogP contribution in [0.5, 0.6) is 0 Å². The van der Waals surface area contributed by atoms with Crippen LogP contribution < -0.4 is 5.32 Å². The summed E-state index contributed by atoms with van der Waals surface area (Å²) >= 11 is 1.43. The van der Waals surface area contributed by atoms with Gasteiger partial charge in [0, 0.05) is 29.6 Å². The molecule has 0 unspecified atom stereocenters. The van der Waals surface area contributed by atoms with Crippen LogP contribution in [0.15, 0.2) is 52.3 Å². The van der Waals surface area contributed by atoms with E-state index in [0.29, 0.717) is 30.8 Å². The molecule has 28 heavy (non-hydrogen) atoms. The zero-order chi connectivity index (χ0) is 20.3. The zero-order valence-electron chi connectivity index (χ0n) is 16.4. The third-order valence-corrected chi connectivity index (χ3v) is 8.04. The summed E-state index contributed by atoms with van der Waals surface area (Å²) in [4.78, 5) is 13.8. The fourth-order valence-electron chi connectivity index (χ4n) is 3.43. The smallest absolute Gasteiger partial charge is 0.244 e. The molecule has 3 rings (SSSR count). The Morgan fingerprint density at radius 1 is 1.11 bits per heavy atom. The van der Waals surface area contributed by atoms with Crippen molar-refractivity contribution in [2.45, 2.75) is 36.5 Å². The quantitative estimate of drug-likeness (QED) is 0.744. The molecule has 0 radical (unpaired) electrons. The standard InChI is InChI=1S/C21H26N2O3S2/c1-15-8-9-16(2)18(14-15)22-21(24)17-10-12-23(13-11-17)28(25,26)20-7-5-4-6-19(20)27-3/h4-9,14,17H,10-13H2,1-3H3,(H,22,24). The molecule has 1 N–H and O–H groups in total. The Hall–Kier alpha value is -1.83. The number of amides is 1. The van der Waals surface area contributed by atoms with Gasteiger partial charge in [-0.3, -0.25) is 4.79 Å². The molecule has 0 saturated carbocycles. The van der Waals surface area contributed by atoms with Gasteiger partial charge < -0.3 is 5.32 Å². The van der Waals surface area contributed by atoms with Crippen molar-refractivity contribution >= 4 is 33.4 Å². The molecule has 0 bridgehead atoms. The van der Waals surface area contributed by atoms with Gasteiger partial charge in [0.15, 0.2) is 0 Å². The Morgan fingerprint density at radius 2 is 1.79 bits per heavy atom. The molecule has 0 aliphatic carbocycles. The minimum absolute atomic E-state index is 0.0322. The van der Waals surface area contributed by atoms with Crippen LogP contribution in [0, 0.1) is 19.8 Å². The molecule has 2 aromatic rings. The van der Waals surface area contributed by atoms with Gasteiger partial charge in [-0.25, -0.2) is 8.42 Å². The Labute approximate surface area is 171 Å². The van der Waals surface area contributed by atoms with Gasteiger partial charge in [-0.15, -0.1) is 11.8 Å². The lowest BCUT2D eigenvalue weighted by Crippen LogP contribution is -2.41. The second-order valence-electron chi connectivity index (χ2n) is 7.14. The second kappa shape index (κ2) is 8.68. The molecule has 1 aliphatic heterocycles. The number of nitrogens with zero attached hydrogens (tertiary/aromatic N) is 1. The van der Waals surface area contributed by atoms with E-state index in [1.54, 1.807) is 12.1 Å². The lowest BCUT2D eigenvalue weighted by Gasteiger charge is -2.31. The third-order valence-electron chi connectivity index (χ3n) is 5.16. The molecule has 2 aromatic carbocycles. The number of thioether (sulfide) groups is 1. The maximum absolute atomic E-state index is 13.0. The molecule has 7 heteroatoms. The first kappa shape index (κ1) is 20.9. The number of anilines is 1. The van der Waals surface area contributed by atoms with Crippen LogP contribution in [0.2, 0.25) is 0 Å². The van der Waals surface area contributed by atoms with E-state index in [1.165, 1.54) is 16.1 Å². The topological polar surface area (TPSA) is 66.5 Å². The van der Waals surface area contributed by atoms with Gasteiger partial charge in [-0.05, 0) is 62.3 Å². The van der Waals surface area contributed by atoms with Crippen LogP contribution in [-0.2, 0) is 14.8 Å². The Bertz CT molecular complexity index is 965. The normalized spacial score (nSPS) is 16.1. The number of carbonyl (C=O) groups excluding carboxylic acids is 1. The number of rotatable bonds is 5. The number of benzene rings is 2. The molecule has 1 heterocycles. The van der Waals surface area contributed by atoms with Crippen LogP contribution in [0.4, 0.5) is 5.69 Å². The summed E-state index contributed by atoms with van der Waals surface area (Å²) in [5, 5.41) is 3.01. The van der Waals surface area contributed by atoms with Gasteiger partial charge in [0.2, 0.25) is 15.9 Å². The van der Waals surface area contributed by atoms with Crippen molar-refractivity contribution in [3.05, 3.63) is 53.6 Å². The molecular formula is C21H26N2O3S2. The van der Waals surface area contributed by atoms with Crippen LogP contribution in [0.1, 0.15) is 24.0 Å². The number of hydrogen-bond donors (Lipinski definition) is 1. The summed E-state index contributed by atoms with van der Waals surface area (Å²) in [6.45, 7) is 4.67. The average molecular weight is 419 g/mol. The fraction of sp³-hybridized carbons (Fsp3) is 0.381. The van der Waals surface area contributed by atoms with E-state index in [2.05, 4.69) is 5.32 Å². The van der Waals surface area contributed by atoms with E-state index < -0.39 is 10.0 Å². The number of hydrogen-bond acceptors (Lipinski definition) is 4. The first-order valence-electron chi connectivity index (χ1n) is 9.34. The highest BCUT2D eigenvalue weighted by Gasteiger charge is 2.33. The summed E-state index contributed by atoms with van der Waals surface area (Å²) in [6.07, 6.45) is 2.92. The van der Waals surface area contributed by atoms with Crippen LogP contribution in [0.3, 0.4) is 0 Å². The van der Waals surface area contributed by atoms with E-state index >= 15 is 0 Å². The van der Waals surface area contributed by atoms with E-state index in [0.717, 1.165) is 21.7 Å². The van der Waals surface area contributed by atoms with Crippen molar-refractivity contribution in [2.75, 3.05) is 24.7 Å². The largest absolute Gasteiger partial charge is 0.326 e. The molecule has 1 saturated heterocycles. The average Bonchev–Trinajstić information content (AvgIpc) is 2.70. The molecule has 0 spiro atoms. The third kappa shape index (κ3) is 4.42. The zero-order valence-corrected chi connectivity index (χ0v) is 18.1. The van der Waals surface area contributed by atoms with Crippen LogP contribution >= 0.6 is 11.8 Å². The first-order valence-corrected chi connectivity index (χ1v) is 12.0. The lowest BCUT2D eigenvalue weighted by atomic mass is 9.97. The number of sulfonamides is 1. The second-order valence-corrected chi connectivity index (χ2v) is 9.89. The molecule has 150 valence electrons. The van der Waals surface area contributed by atoms with E-state index in [-0.39, 0.29) is 11.8 Å². The van der Waals surface area contributed by atoms with Crippen molar-refractivity contribution in [1.29, 1.82) is 0 Å². The number of piperidine rings is 1. The van der Waals surface area contributed by atoms with Gasteiger partial charge >= 0.3 is 0 Å². The summed E-state index contributed by atoms with van der Waals surface area (Å²) in [7, 11) is -3.54. The minimum Gasteiger partial charge on any atom is -0.326 e. The van der Waals surface area contributed by atoms with Crippen molar-refractivity contribution < 1.29 is 13.2 Å². The number of nitrogens with one attached hydrogen (secondary N) is 1. The molecule has 0 atom stereocenters. The van der Waals surface area contributed by atoms with Gasteiger partial charge in [0.05, 0.1) is 4.90 Å². The fourth-order valence-corrected chi connectivity index (χ4v) is 6.03. The molecule has 0 aromatic heterocycles. The predicted octanol–water partition coefficient (Wildman–Crippen LogP) is 4.06. The van der Waals surface area contributed by atoms with Crippen molar-refractivity contribution in [1.82, 2.24) is 4.31 Å². The maximum atomic E-state index is 13.0. The molecule has 1 amide bonds. The highest BCUT2D eigenvalue weighted by molar-refractivity contribution is 7.99. The van der Waals surface area contributed by atoms with Gasteiger partial charge in [-0.1, -0.05) is 24.3 Å². The Morgan fingerprint density at radius 3 is 2.46 bits per heavy atom. The lowest BCUT2D eigenvalue weighted by molar-refractivity contribution is -0.120. The highest BCUT2D eigenvalue weighted by atomic mass is 32.2. The van der Waals surface area contributed by atoms with Gasteiger partial charge in [-0.2, -0.15) is 4.31 Å². The summed E-state index contributed by atoms with van der Waals surface area (Å²) in [5.74, 6) is -0.211. The van der Waals surface area contributed by atoms with Crippen LogP contribution in [0.25, 0.3) is 0 Å². The molecule has 1 aliphatic rings. The monoisotopic (exact) mass is 418 g/mol. The Balaban J connectivity index is 1.67. The van der Waals surface area contributed by atoms with Crippen molar-refractivity contribution in [3.8, 4) is 0 Å². The van der Waals surface area contributed by atoms with Crippen LogP contribution in [-0.4, -0.2) is 38.0 Å². The van der Waals surface area contributed by atoms with Crippen molar-refractivity contribution in [3.63, 3.8) is 0 Å². The summed E-state index contributed by atoms with van der Waals surface area (Å²) in [6, 6.07) is 13.0. The van der Waals surface area contributed by atoms with E-state index in [9.17, 15) is 13.2 Å². The summed E-state index contributed by atoms with van der Waals surface area (Å²) < 4.78 is 27.6. The van der Waals surface area contributed by atoms with E-state index in [4.69, 9.17) is 0 Å². The molecule has 1 fully saturated rings.